The molecule has 27 heavy (non-hydrogen) atoms. The summed E-state index contributed by atoms with van der Waals surface area (Å²) in [5, 5.41) is 8.66. The maximum absolute atomic E-state index is 14.1. The maximum Gasteiger partial charge on any atom is 0.356 e. The number of nitriles is 1. The summed E-state index contributed by atoms with van der Waals surface area (Å²) < 4.78 is 51.8. The first kappa shape index (κ1) is 18.8. The van der Waals surface area contributed by atoms with Crippen LogP contribution in [0.2, 0.25) is 5.22 Å². The van der Waals surface area contributed by atoms with Gasteiger partial charge < -0.3 is 14.1 Å². The van der Waals surface area contributed by atoms with Crippen LogP contribution in [-0.4, -0.2) is 26.0 Å². The summed E-state index contributed by atoms with van der Waals surface area (Å²) in [6.07, 6.45) is 0. The number of sulfonamides is 1. The van der Waals surface area contributed by atoms with Crippen LogP contribution in [0.3, 0.4) is 0 Å². The summed E-state index contributed by atoms with van der Waals surface area (Å²) in [6.45, 7) is 1.57. The molecule has 0 fully saturated rings. The van der Waals surface area contributed by atoms with Gasteiger partial charge in [0.1, 0.15) is 11.5 Å². The lowest BCUT2D eigenvalue weighted by molar-refractivity contribution is 0.0516. The van der Waals surface area contributed by atoms with E-state index in [0.717, 1.165) is 12.1 Å². The molecule has 1 aromatic carbocycles. The average molecular weight is 412 g/mol. The number of nitrogens with one attached hydrogen (secondary N) is 2. The van der Waals surface area contributed by atoms with Crippen molar-refractivity contribution in [1.29, 1.82) is 5.26 Å². The zero-order chi connectivity index (χ0) is 19.8. The molecule has 11 heteroatoms. The molecule has 3 aromatic rings. The molecule has 0 aliphatic carbocycles. The highest BCUT2D eigenvalue weighted by Crippen LogP contribution is 2.33. The minimum atomic E-state index is -4.48. The molecule has 2 N–H and O–H groups in total. The predicted octanol–water partition coefficient (Wildman–Crippen LogP) is 3.40. The van der Waals surface area contributed by atoms with E-state index in [1.54, 1.807) is 13.0 Å². The highest BCUT2D eigenvalue weighted by Gasteiger charge is 2.32. The van der Waals surface area contributed by atoms with Crippen LogP contribution in [0.15, 0.2) is 33.6 Å². The number of esters is 1. The number of anilines is 1. The fraction of sp³-hybridized carbons (Fsp3) is 0.125. The second-order valence-corrected chi connectivity index (χ2v) is 7.25. The number of rotatable bonds is 5. The molecule has 0 atom stereocenters. The number of aromatic amines is 1. The molecule has 2 heterocycles. The van der Waals surface area contributed by atoms with E-state index in [1.165, 1.54) is 12.1 Å². The minimum absolute atomic E-state index is 0.0111. The summed E-state index contributed by atoms with van der Waals surface area (Å²) in [5.74, 6) is -1.89. The first-order chi connectivity index (χ1) is 12.8. The molecule has 0 radical (unpaired) electrons. The number of nitrogens with zero attached hydrogens (tertiary/aromatic N) is 1. The van der Waals surface area contributed by atoms with Crippen molar-refractivity contribution in [2.75, 3.05) is 11.3 Å². The smallest absolute Gasteiger partial charge is 0.356 e. The number of furan rings is 1. The van der Waals surface area contributed by atoms with E-state index >= 15 is 0 Å². The van der Waals surface area contributed by atoms with Gasteiger partial charge in [-0.3, -0.25) is 4.72 Å². The molecule has 8 nitrogen and oxygen atoms in total. The molecule has 0 unspecified atom stereocenters. The van der Waals surface area contributed by atoms with E-state index in [4.69, 9.17) is 26.0 Å². The topological polar surface area (TPSA) is 125 Å². The number of carbonyl (C=O) groups is 1. The second-order valence-electron chi connectivity index (χ2n) is 5.25. The SMILES string of the molecule is CCOC(=O)c1[nH]c2cc(Cl)oc2c1S(=O)(=O)Nc1ccc(C#N)cc1F. The first-order valence-corrected chi connectivity index (χ1v) is 9.33. The van der Waals surface area contributed by atoms with Crippen LogP contribution in [-0.2, 0) is 14.8 Å². The van der Waals surface area contributed by atoms with Crippen molar-refractivity contribution >= 4 is 44.4 Å². The molecule has 0 aliphatic rings. The van der Waals surface area contributed by atoms with Crippen LogP contribution in [0.25, 0.3) is 11.1 Å². The van der Waals surface area contributed by atoms with E-state index in [1.807, 2.05) is 4.72 Å². The van der Waals surface area contributed by atoms with Gasteiger partial charge in [0.15, 0.2) is 15.7 Å². The molecular formula is C16H11ClFN3O5S. The molecule has 2 aromatic heterocycles. The highest BCUT2D eigenvalue weighted by molar-refractivity contribution is 7.93. The molecule has 0 amide bonds. The van der Waals surface area contributed by atoms with Crippen molar-refractivity contribution in [3.8, 4) is 6.07 Å². The number of benzene rings is 1. The van der Waals surface area contributed by atoms with Crippen molar-refractivity contribution in [3.05, 3.63) is 46.6 Å². The largest absolute Gasteiger partial charge is 0.461 e. The molecule has 0 saturated heterocycles. The van der Waals surface area contributed by atoms with Crippen LogP contribution in [0.4, 0.5) is 10.1 Å². The Hall–Kier alpha value is -3.03. The summed E-state index contributed by atoms with van der Waals surface area (Å²) in [7, 11) is -4.48. The number of hydrogen-bond donors (Lipinski definition) is 2. The van der Waals surface area contributed by atoms with Gasteiger partial charge in [0.25, 0.3) is 10.0 Å². The van der Waals surface area contributed by atoms with Crippen LogP contribution in [0, 0.1) is 17.1 Å². The lowest BCUT2D eigenvalue weighted by Crippen LogP contribution is -2.18. The van der Waals surface area contributed by atoms with E-state index in [2.05, 4.69) is 4.98 Å². The molecule has 0 aliphatic heterocycles. The number of carbonyl (C=O) groups excluding carboxylic acids is 1. The Balaban J connectivity index is 2.13. The van der Waals surface area contributed by atoms with Gasteiger partial charge in [-0.05, 0) is 36.7 Å². The van der Waals surface area contributed by atoms with Crippen molar-refractivity contribution in [3.63, 3.8) is 0 Å². The standard InChI is InChI=1S/C16H11ClFN3O5S/c1-2-25-16(22)13-15(14-11(20-13)6-12(17)26-14)27(23,24)21-10-4-3-8(7-19)5-9(10)18/h3-6,20-21H,2H2,1H3. The van der Waals surface area contributed by atoms with E-state index < -0.39 is 32.4 Å². The van der Waals surface area contributed by atoms with Crippen molar-refractivity contribution in [1.82, 2.24) is 4.98 Å². The Morgan fingerprint density at radius 2 is 2.19 bits per heavy atom. The Morgan fingerprint density at radius 3 is 2.81 bits per heavy atom. The molecule has 0 saturated carbocycles. The molecule has 3 rings (SSSR count). The lowest BCUT2D eigenvalue weighted by atomic mass is 10.2. The first-order valence-electron chi connectivity index (χ1n) is 7.47. The molecule has 0 spiro atoms. The summed E-state index contributed by atoms with van der Waals surface area (Å²) in [4.78, 5) is 14.2. The normalized spacial score (nSPS) is 11.3. The highest BCUT2D eigenvalue weighted by atomic mass is 35.5. The van der Waals surface area contributed by atoms with Gasteiger partial charge in [-0.1, -0.05) is 0 Å². The number of halogens is 2. The number of fused-ring (bicyclic) bond motifs is 1. The maximum atomic E-state index is 14.1. The minimum Gasteiger partial charge on any atom is -0.461 e. The van der Waals surface area contributed by atoms with E-state index in [0.29, 0.717) is 0 Å². The Kier molecular flexibility index (Phi) is 4.82. The molecule has 140 valence electrons. The Labute approximate surface area is 157 Å². The van der Waals surface area contributed by atoms with Crippen LogP contribution in [0.5, 0.6) is 0 Å². The predicted molar refractivity (Wildman–Crippen MR) is 93.5 cm³/mol. The Morgan fingerprint density at radius 1 is 1.44 bits per heavy atom. The van der Waals surface area contributed by atoms with Crippen LogP contribution < -0.4 is 4.72 Å². The van der Waals surface area contributed by atoms with Gasteiger partial charge in [-0.2, -0.15) is 5.26 Å². The van der Waals surface area contributed by atoms with Gasteiger partial charge >= 0.3 is 5.97 Å². The molecule has 0 bridgehead atoms. The summed E-state index contributed by atoms with van der Waals surface area (Å²) in [5.41, 5.74) is -0.822. The van der Waals surface area contributed by atoms with E-state index in [9.17, 15) is 17.6 Å². The zero-order valence-corrected chi connectivity index (χ0v) is 15.2. The van der Waals surface area contributed by atoms with Gasteiger partial charge in [-0.25, -0.2) is 17.6 Å². The number of H-pyrrole nitrogens is 1. The van der Waals surface area contributed by atoms with E-state index in [-0.39, 0.29) is 34.2 Å². The van der Waals surface area contributed by atoms with Gasteiger partial charge in [0, 0.05) is 6.07 Å². The third-order valence-electron chi connectivity index (χ3n) is 3.49. The fourth-order valence-corrected chi connectivity index (χ4v) is 3.94. The number of hydrogen-bond acceptors (Lipinski definition) is 6. The summed E-state index contributed by atoms with van der Waals surface area (Å²) in [6, 6.07) is 6.24. The monoisotopic (exact) mass is 411 g/mol. The zero-order valence-electron chi connectivity index (χ0n) is 13.7. The second kappa shape index (κ2) is 6.94. The van der Waals surface area contributed by atoms with Gasteiger partial charge in [0.05, 0.1) is 29.4 Å². The quantitative estimate of drug-likeness (QED) is 0.620. The van der Waals surface area contributed by atoms with Gasteiger partial charge in [0.2, 0.25) is 0 Å². The van der Waals surface area contributed by atoms with Gasteiger partial charge in [-0.15, -0.1) is 0 Å². The fourth-order valence-electron chi connectivity index (χ4n) is 2.39. The number of ether oxygens (including phenoxy) is 1. The average Bonchev–Trinajstić information content (AvgIpc) is 3.12. The van der Waals surface area contributed by atoms with Crippen LogP contribution >= 0.6 is 11.6 Å². The lowest BCUT2D eigenvalue weighted by Gasteiger charge is -2.09. The Bertz CT molecular complexity index is 1190. The summed E-state index contributed by atoms with van der Waals surface area (Å²) >= 11 is 5.75. The van der Waals surface area contributed by atoms with Crippen molar-refractivity contribution in [2.24, 2.45) is 0 Å². The van der Waals surface area contributed by atoms with Crippen molar-refractivity contribution < 1.29 is 26.8 Å². The van der Waals surface area contributed by atoms with Crippen LogP contribution in [0.1, 0.15) is 23.0 Å². The third kappa shape index (κ3) is 3.47. The molecular weight excluding hydrogens is 401 g/mol. The number of aromatic nitrogens is 1. The third-order valence-corrected chi connectivity index (χ3v) is 5.09. The van der Waals surface area contributed by atoms with Crippen molar-refractivity contribution in [2.45, 2.75) is 11.8 Å².